The molecule has 7 heteroatoms. The Labute approximate surface area is 170 Å². The van der Waals surface area contributed by atoms with E-state index in [-0.39, 0.29) is 5.91 Å². The maximum Gasteiger partial charge on any atom is 0.257 e. The van der Waals surface area contributed by atoms with E-state index in [2.05, 4.69) is 28.3 Å². The molecule has 150 valence electrons. The number of amides is 1. The summed E-state index contributed by atoms with van der Waals surface area (Å²) in [5.41, 5.74) is 5.85. The van der Waals surface area contributed by atoms with Crippen LogP contribution in [0.4, 0.5) is 0 Å². The minimum Gasteiger partial charge on any atom is -0.383 e. The van der Waals surface area contributed by atoms with Gasteiger partial charge in [-0.25, -0.2) is 14.6 Å². The molecule has 29 heavy (non-hydrogen) atoms. The molecule has 1 aliphatic carbocycles. The molecule has 2 heterocycles. The van der Waals surface area contributed by atoms with Crippen LogP contribution < -0.4 is 0 Å². The highest BCUT2D eigenvalue weighted by Crippen LogP contribution is 2.31. The molecule has 1 aliphatic rings. The maximum absolute atomic E-state index is 12.7. The zero-order valence-corrected chi connectivity index (χ0v) is 17.1. The first-order valence-electron chi connectivity index (χ1n) is 9.83. The summed E-state index contributed by atoms with van der Waals surface area (Å²) >= 11 is 0. The smallest absolute Gasteiger partial charge is 0.257 e. The average molecular weight is 391 g/mol. The van der Waals surface area contributed by atoms with Crippen molar-refractivity contribution in [3.8, 4) is 17.2 Å². The normalized spacial score (nSPS) is 12.8. The Balaban J connectivity index is 1.71. The number of methoxy groups -OCH3 is 1. The number of fused-ring (bicyclic) bond motifs is 3. The van der Waals surface area contributed by atoms with Crippen molar-refractivity contribution in [2.24, 2.45) is 0 Å². The fourth-order valence-corrected chi connectivity index (χ4v) is 3.71. The second-order valence-corrected chi connectivity index (χ2v) is 7.33. The number of nitrogens with zero attached hydrogens (tertiary/aromatic N) is 5. The van der Waals surface area contributed by atoms with E-state index in [1.807, 2.05) is 19.2 Å². The quantitative estimate of drug-likeness (QED) is 0.669. The van der Waals surface area contributed by atoms with Crippen molar-refractivity contribution >= 4 is 5.91 Å². The van der Waals surface area contributed by atoms with Gasteiger partial charge in [0.25, 0.3) is 11.9 Å². The van der Waals surface area contributed by atoms with Crippen LogP contribution in [0.2, 0.25) is 0 Å². The summed E-state index contributed by atoms with van der Waals surface area (Å²) in [6, 6.07) is 8.40. The monoisotopic (exact) mass is 391 g/mol. The van der Waals surface area contributed by atoms with Gasteiger partial charge in [0.2, 0.25) is 0 Å². The summed E-state index contributed by atoms with van der Waals surface area (Å²) < 4.78 is 6.70. The van der Waals surface area contributed by atoms with E-state index < -0.39 is 0 Å². The van der Waals surface area contributed by atoms with E-state index in [0.29, 0.717) is 24.7 Å². The first-order valence-corrected chi connectivity index (χ1v) is 9.83. The molecule has 1 amide bonds. The van der Waals surface area contributed by atoms with Gasteiger partial charge in [-0.2, -0.15) is 5.10 Å². The van der Waals surface area contributed by atoms with Crippen LogP contribution in [-0.2, 0) is 17.6 Å². The predicted octanol–water partition coefficient (Wildman–Crippen LogP) is 2.84. The van der Waals surface area contributed by atoms with Crippen LogP contribution in [0.25, 0.3) is 17.2 Å². The fourth-order valence-electron chi connectivity index (χ4n) is 3.71. The third kappa shape index (κ3) is 3.65. The third-order valence-corrected chi connectivity index (χ3v) is 5.42. The highest BCUT2D eigenvalue weighted by Gasteiger charge is 2.21. The average Bonchev–Trinajstić information content (AvgIpc) is 3.02. The summed E-state index contributed by atoms with van der Waals surface area (Å²) in [5, 5.41) is 4.41. The zero-order chi connectivity index (χ0) is 20.4. The number of hydrogen-bond acceptors (Lipinski definition) is 5. The van der Waals surface area contributed by atoms with Crippen molar-refractivity contribution < 1.29 is 9.53 Å². The van der Waals surface area contributed by atoms with Gasteiger partial charge in [0.15, 0.2) is 0 Å². The molecule has 0 fully saturated rings. The number of likely N-dealkylation sites (N-methyl/N-ethyl adjacent to an activating group) is 1. The zero-order valence-electron chi connectivity index (χ0n) is 17.1. The second kappa shape index (κ2) is 8.13. The van der Waals surface area contributed by atoms with E-state index in [9.17, 15) is 4.79 Å². The first kappa shape index (κ1) is 19.3. The van der Waals surface area contributed by atoms with Crippen LogP contribution in [0.5, 0.6) is 0 Å². The molecule has 0 saturated carbocycles. The van der Waals surface area contributed by atoms with Gasteiger partial charge >= 0.3 is 0 Å². The Morgan fingerprint density at radius 1 is 1.21 bits per heavy atom. The van der Waals surface area contributed by atoms with Crippen LogP contribution in [0.1, 0.15) is 33.6 Å². The summed E-state index contributed by atoms with van der Waals surface area (Å²) in [4.78, 5) is 23.8. The predicted molar refractivity (Wildman–Crippen MR) is 110 cm³/mol. The van der Waals surface area contributed by atoms with E-state index >= 15 is 0 Å². The van der Waals surface area contributed by atoms with Crippen molar-refractivity contribution in [1.82, 2.24) is 24.6 Å². The number of benzene rings is 1. The van der Waals surface area contributed by atoms with Gasteiger partial charge in [0.05, 0.1) is 29.8 Å². The van der Waals surface area contributed by atoms with Crippen molar-refractivity contribution in [3.63, 3.8) is 0 Å². The molecule has 3 aromatic rings. The number of carbonyl (C=O) groups excluding carboxylic acids is 1. The van der Waals surface area contributed by atoms with Crippen molar-refractivity contribution in [1.29, 1.82) is 0 Å². The van der Waals surface area contributed by atoms with E-state index in [1.54, 1.807) is 29.9 Å². The minimum atomic E-state index is -0.0918. The Morgan fingerprint density at radius 3 is 2.83 bits per heavy atom. The van der Waals surface area contributed by atoms with Gasteiger partial charge in [-0.15, -0.1) is 0 Å². The van der Waals surface area contributed by atoms with E-state index in [0.717, 1.165) is 41.8 Å². The number of aryl methyl sites for hydroxylation is 2. The summed E-state index contributed by atoms with van der Waals surface area (Å²) in [7, 11) is 3.38. The Hall–Kier alpha value is -3.06. The molecule has 4 rings (SSSR count). The molecule has 0 radical (unpaired) electrons. The molecular weight excluding hydrogens is 366 g/mol. The molecule has 0 spiro atoms. The Kier molecular flexibility index (Phi) is 5.40. The first-order chi connectivity index (χ1) is 14.1. The standard InChI is InChI=1S/C22H25N5O2/c1-15-19(21(28)26(2)11-12-29-3)14-24-27(15)22-23-13-17-9-6-8-16-7-4-5-10-18(16)20(17)25-22/h4-5,7,10,13-14H,6,8-9,11-12H2,1-3H3. The largest absolute Gasteiger partial charge is 0.383 e. The van der Waals surface area contributed by atoms with Gasteiger partial charge in [-0.1, -0.05) is 24.3 Å². The number of aromatic nitrogens is 4. The molecular formula is C22H25N5O2. The van der Waals surface area contributed by atoms with Gasteiger partial charge < -0.3 is 9.64 Å². The van der Waals surface area contributed by atoms with Crippen LogP contribution in [0.15, 0.2) is 36.7 Å². The highest BCUT2D eigenvalue weighted by molar-refractivity contribution is 5.95. The van der Waals surface area contributed by atoms with Crippen molar-refractivity contribution in [2.75, 3.05) is 27.3 Å². The Morgan fingerprint density at radius 2 is 2.00 bits per heavy atom. The SMILES string of the molecule is COCCN(C)C(=O)c1cnn(-c2ncc3c(n2)-c2ccccc2CCC3)c1C. The molecule has 0 N–H and O–H groups in total. The number of hydrogen-bond donors (Lipinski definition) is 0. The molecule has 1 aromatic carbocycles. The molecule has 7 nitrogen and oxygen atoms in total. The van der Waals surface area contributed by atoms with Crippen LogP contribution in [0, 0.1) is 6.92 Å². The highest BCUT2D eigenvalue weighted by atomic mass is 16.5. The van der Waals surface area contributed by atoms with Gasteiger partial charge in [0.1, 0.15) is 0 Å². The molecule has 0 bridgehead atoms. The van der Waals surface area contributed by atoms with E-state index in [4.69, 9.17) is 9.72 Å². The number of ether oxygens (including phenoxy) is 1. The minimum absolute atomic E-state index is 0.0918. The summed E-state index contributed by atoms with van der Waals surface area (Å²) in [5.74, 6) is 0.391. The summed E-state index contributed by atoms with van der Waals surface area (Å²) in [6.07, 6.45) is 6.56. The molecule has 0 saturated heterocycles. The van der Waals surface area contributed by atoms with Crippen molar-refractivity contribution in [3.05, 3.63) is 59.0 Å². The maximum atomic E-state index is 12.7. The van der Waals surface area contributed by atoms with Crippen LogP contribution in [-0.4, -0.2) is 57.9 Å². The van der Waals surface area contributed by atoms with Crippen LogP contribution in [0.3, 0.4) is 0 Å². The van der Waals surface area contributed by atoms with Gasteiger partial charge in [-0.3, -0.25) is 4.79 Å². The van der Waals surface area contributed by atoms with Gasteiger partial charge in [-0.05, 0) is 37.3 Å². The van der Waals surface area contributed by atoms with Gasteiger partial charge in [0, 0.05) is 32.5 Å². The molecule has 0 atom stereocenters. The number of carbonyl (C=O) groups is 1. The fraction of sp³-hybridized carbons (Fsp3) is 0.364. The van der Waals surface area contributed by atoms with Crippen molar-refractivity contribution in [2.45, 2.75) is 26.2 Å². The topological polar surface area (TPSA) is 73.1 Å². The lowest BCUT2D eigenvalue weighted by Gasteiger charge is -2.16. The lowest BCUT2D eigenvalue weighted by atomic mass is 10.0. The second-order valence-electron chi connectivity index (χ2n) is 7.33. The van der Waals surface area contributed by atoms with E-state index in [1.165, 1.54) is 5.56 Å². The number of rotatable bonds is 5. The lowest BCUT2D eigenvalue weighted by Crippen LogP contribution is -2.30. The summed E-state index contributed by atoms with van der Waals surface area (Å²) in [6.45, 7) is 2.88. The molecule has 2 aromatic heterocycles. The third-order valence-electron chi connectivity index (χ3n) is 5.42. The molecule has 0 unspecified atom stereocenters. The molecule has 0 aliphatic heterocycles. The van der Waals surface area contributed by atoms with Crippen LogP contribution >= 0.6 is 0 Å². The Bertz CT molecular complexity index is 1040. The lowest BCUT2D eigenvalue weighted by molar-refractivity contribution is 0.0743.